The zero-order valence-electron chi connectivity index (χ0n) is 13.0. The summed E-state index contributed by atoms with van der Waals surface area (Å²) in [7, 11) is 0. The predicted molar refractivity (Wildman–Crippen MR) is 87.7 cm³/mol. The second kappa shape index (κ2) is 6.92. The van der Waals surface area contributed by atoms with Crippen molar-refractivity contribution in [2.24, 2.45) is 0 Å². The topological polar surface area (TPSA) is 46.3 Å². The average molecular weight is 306 g/mol. The summed E-state index contributed by atoms with van der Waals surface area (Å²) in [4.78, 5) is 18.7. The lowest BCUT2D eigenvalue weighted by molar-refractivity contribution is 0.0717. The summed E-state index contributed by atoms with van der Waals surface area (Å²) in [5.74, 6) is 0.736. The van der Waals surface area contributed by atoms with Crippen molar-refractivity contribution in [2.75, 3.05) is 0 Å². The van der Waals surface area contributed by atoms with Crippen molar-refractivity contribution in [2.45, 2.75) is 20.0 Å². The molecule has 4 nitrogen and oxygen atoms in total. The highest BCUT2D eigenvalue weighted by Crippen LogP contribution is 2.15. The normalized spacial score (nSPS) is 10.5. The molecule has 0 spiro atoms. The van der Waals surface area contributed by atoms with Gasteiger partial charge >= 0.3 is 0 Å². The van der Waals surface area contributed by atoms with E-state index in [1.807, 2.05) is 55.5 Å². The van der Waals surface area contributed by atoms with Gasteiger partial charge in [-0.15, -0.1) is 0 Å². The van der Waals surface area contributed by atoms with Crippen LogP contribution in [0.2, 0.25) is 0 Å². The monoisotopic (exact) mass is 306 g/mol. The SMILES string of the molecule is Cc1ccc(C(=O)N(Cc2cccnc2)Cc2ccco2)cc1. The lowest BCUT2D eigenvalue weighted by Gasteiger charge is -2.22. The average Bonchev–Trinajstić information content (AvgIpc) is 3.08. The van der Waals surface area contributed by atoms with Crippen LogP contribution in [0.15, 0.2) is 71.6 Å². The van der Waals surface area contributed by atoms with Gasteiger partial charge in [0.25, 0.3) is 5.91 Å². The maximum absolute atomic E-state index is 12.9. The number of pyridine rings is 1. The van der Waals surface area contributed by atoms with E-state index in [4.69, 9.17) is 4.42 Å². The highest BCUT2D eigenvalue weighted by Gasteiger charge is 2.17. The Hall–Kier alpha value is -2.88. The number of carbonyl (C=O) groups excluding carboxylic acids is 1. The highest BCUT2D eigenvalue weighted by molar-refractivity contribution is 5.94. The Labute approximate surface area is 135 Å². The molecule has 0 aliphatic heterocycles. The number of aromatic nitrogens is 1. The molecule has 116 valence electrons. The molecule has 3 aromatic rings. The molecule has 0 N–H and O–H groups in total. The fourth-order valence-corrected chi connectivity index (χ4v) is 2.38. The van der Waals surface area contributed by atoms with Crippen LogP contribution in [0.1, 0.15) is 27.2 Å². The zero-order chi connectivity index (χ0) is 16.1. The van der Waals surface area contributed by atoms with Crippen LogP contribution in [0.3, 0.4) is 0 Å². The summed E-state index contributed by atoms with van der Waals surface area (Å²) in [6, 6.07) is 15.1. The van der Waals surface area contributed by atoms with E-state index in [9.17, 15) is 4.79 Å². The fraction of sp³-hybridized carbons (Fsp3) is 0.158. The molecule has 23 heavy (non-hydrogen) atoms. The third-order valence-electron chi connectivity index (χ3n) is 3.61. The van der Waals surface area contributed by atoms with Crippen molar-refractivity contribution in [1.82, 2.24) is 9.88 Å². The molecule has 0 unspecified atom stereocenters. The molecule has 0 aliphatic carbocycles. The zero-order valence-corrected chi connectivity index (χ0v) is 13.0. The first kappa shape index (κ1) is 15.0. The van der Waals surface area contributed by atoms with Gasteiger partial charge < -0.3 is 9.32 Å². The van der Waals surface area contributed by atoms with Crippen molar-refractivity contribution in [1.29, 1.82) is 0 Å². The molecule has 0 fully saturated rings. The molecule has 3 rings (SSSR count). The summed E-state index contributed by atoms with van der Waals surface area (Å²) in [6.07, 6.45) is 5.12. The largest absolute Gasteiger partial charge is 0.467 e. The number of carbonyl (C=O) groups is 1. The predicted octanol–water partition coefficient (Wildman–Crippen LogP) is 3.83. The first-order chi connectivity index (χ1) is 11.2. The summed E-state index contributed by atoms with van der Waals surface area (Å²) in [5, 5.41) is 0. The van der Waals surface area contributed by atoms with Crippen LogP contribution in [0, 0.1) is 6.92 Å². The van der Waals surface area contributed by atoms with Gasteiger partial charge in [0.05, 0.1) is 12.8 Å². The van der Waals surface area contributed by atoms with Crippen LogP contribution in [-0.2, 0) is 13.1 Å². The second-order valence-electron chi connectivity index (χ2n) is 5.47. The maximum Gasteiger partial charge on any atom is 0.254 e. The summed E-state index contributed by atoms with van der Waals surface area (Å²) < 4.78 is 5.40. The molecule has 1 aromatic carbocycles. The van der Waals surface area contributed by atoms with Crippen LogP contribution >= 0.6 is 0 Å². The third kappa shape index (κ3) is 3.86. The molecule has 2 heterocycles. The van der Waals surface area contributed by atoms with Gasteiger partial charge in [-0.3, -0.25) is 9.78 Å². The van der Waals surface area contributed by atoms with E-state index >= 15 is 0 Å². The summed E-state index contributed by atoms with van der Waals surface area (Å²) in [5.41, 5.74) is 2.79. The number of rotatable bonds is 5. The number of benzene rings is 1. The number of furan rings is 1. The number of nitrogens with zero attached hydrogens (tertiary/aromatic N) is 2. The van der Waals surface area contributed by atoms with Crippen LogP contribution in [-0.4, -0.2) is 15.8 Å². The highest BCUT2D eigenvalue weighted by atomic mass is 16.3. The van der Waals surface area contributed by atoms with E-state index in [1.165, 1.54) is 0 Å². The van der Waals surface area contributed by atoms with Gasteiger partial charge in [0.15, 0.2) is 0 Å². The Balaban J connectivity index is 1.84. The molecular weight excluding hydrogens is 288 g/mol. The minimum absolute atomic E-state index is 0.0229. The molecule has 0 bridgehead atoms. The van der Waals surface area contributed by atoms with Gasteiger partial charge in [0, 0.05) is 24.5 Å². The maximum atomic E-state index is 12.9. The Morgan fingerprint density at radius 3 is 2.57 bits per heavy atom. The van der Waals surface area contributed by atoms with Gasteiger partial charge in [0.1, 0.15) is 5.76 Å². The number of hydrogen-bond acceptors (Lipinski definition) is 3. The first-order valence-electron chi connectivity index (χ1n) is 7.49. The molecule has 4 heteroatoms. The second-order valence-corrected chi connectivity index (χ2v) is 5.47. The molecule has 0 atom stereocenters. The van der Waals surface area contributed by atoms with Gasteiger partial charge in [-0.25, -0.2) is 0 Å². The van der Waals surface area contributed by atoms with Crippen molar-refractivity contribution >= 4 is 5.91 Å². The molecule has 0 radical (unpaired) electrons. The standard InChI is InChI=1S/C19H18N2O2/c1-15-6-8-17(9-7-15)19(22)21(14-18-5-3-11-23-18)13-16-4-2-10-20-12-16/h2-12H,13-14H2,1H3. The van der Waals surface area contributed by atoms with E-state index in [0.717, 1.165) is 16.9 Å². The molecule has 0 aliphatic rings. The summed E-state index contributed by atoms with van der Waals surface area (Å²) in [6.45, 7) is 2.92. The smallest absolute Gasteiger partial charge is 0.254 e. The molecule has 1 amide bonds. The number of amides is 1. The Kier molecular flexibility index (Phi) is 4.52. The van der Waals surface area contributed by atoms with Gasteiger partial charge in [-0.05, 0) is 42.8 Å². The van der Waals surface area contributed by atoms with Gasteiger partial charge in [-0.2, -0.15) is 0 Å². The van der Waals surface area contributed by atoms with Crippen LogP contribution in [0.5, 0.6) is 0 Å². The fourth-order valence-electron chi connectivity index (χ4n) is 2.38. The van der Waals surface area contributed by atoms with Crippen molar-refractivity contribution in [3.8, 4) is 0 Å². The van der Waals surface area contributed by atoms with E-state index in [1.54, 1.807) is 23.6 Å². The molecule has 2 aromatic heterocycles. The van der Waals surface area contributed by atoms with Gasteiger partial charge in [-0.1, -0.05) is 23.8 Å². The first-order valence-corrected chi connectivity index (χ1v) is 7.49. The van der Waals surface area contributed by atoms with Crippen LogP contribution in [0.4, 0.5) is 0 Å². The van der Waals surface area contributed by atoms with E-state index < -0.39 is 0 Å². The number of hydrogen-bond donors (Lipinski definition) is 0. The minimum atomic E-state index is -0.0229. The van der Waals surface area contributed by atoms with E-state index in [2.05, 4.69) is 4.98 Å². The van der Waals surface area contributed by atoms with Crippen LogP contribution in [0.25, 0.3) is 0 Å². The van der Waals surface area contributed by atoms with Crippen molar-refractivity contribution in [3.05, 3.63) is 89.6 Å². The molecular formula is C19H18N2O2. The molecule has 0 saturated carbocycles. The Bertz CT molecular complexity index is 750. The van der Waals surface area contributed by atoms with Crippen LogP contribution < -0.4 is 0 Å². The van der Waals surface area contributed by atoms with E-state index in [0.29, 0.717) is 18.7 Å². The van der Waals surface area contributed by atoms with E-state index in [-0.39, 0.29) is 5.91 Å². The Morgan fingerprint density at radius 2 is 1.91 bits per heavy atom. The van der Waals surface area contributed by atoms with Gasteiger partial charge in [0.2, 0.25) is 0 Å². The summed E-state index contributed by atoms with van der Waals surface area (Å²) >= 11 is 0. The number of aryl methyl sites for hydroxylation is 1. The van der Waals surface area contributed by atoms with Crippen molar-refractivity contribution < 1.29 is 9.21 Å². The lowest BCUT2D eigenvalue weighted by Crippen LogP contribution is -2.30. The minimum Gasteiger partial charge on any atom is -0.467 e. The Morgan fingerprint density at radius 1 is 1.09 bits per heavy atom. The lowest BCUT2D eigenvalue weighted by atomic mass is 10.1. The molecule has 0 saturated heterocycles. The van der Waals surface area contributed by atoms with Crippen molar-refractivity contribution in [3.63, 3.8) is 0 Å². The third-order valence-corrected chi connectivity index (χ3v) is 3.61. The quantitative estimate of drug-likeness (QED) is 0.720.